The molecule has 0 bridgehead atoms. The summed E-state index contributed by atoms with van der Waals surface area (Å²) in [6, 6.07) is 0. The van der Waals surface area contributed by atoms with Crippen molar-refractivity contribution in [3.05, 3.63) is 48.6 Å². The molecule has 0 N–H and O–H groups in total. The maximum atomic E-state index is 12.9. The van der Waals surface area contributed by atoms with E-state index in [4.69, 9.17) is 18.5 Å². The normalized spacial score (nSPS) is 13.4. The van der Waals surface area contributed by atoms with Gasteiger partial charge in [-0.2, -0.15) is 0 Å². The van der Waals surface area contributed by atoms with Crippen molar-refractivity contribution in [1.29, 1.82) is 0 Å². The number of ether oxygens (including phenoxy) is 2. The maximum absolute atomic E-state index is 12.9. The van der Waals surface area contributed by atoms with Gasteiger partial charge in [0.25, 0.3) is 7.82 Å². The lowest BCUT2D eigenvalue weighted by atomic mass is 10.0. The van der Waals surface area contributed by atoms with Gasteiger partial charge in [0.2, 0.25) is 0 Å². The Morgan fingerprint density at radius 2 is 0.722 bits per heavy atom. The summed E-state index contributed by atoms with van der Waals surface area (Å²) in [5.74, 6) is -0.815. The van der Waals surface area contributed by atoms with Crippen molar-refractivity contribution in [1.82, 2.24) is 0 Å². The Labute approximate surface area is 490 Å². The van der Waals surface area contributed by atoms with Crippen LogP contribution in [0.3, 0.4) is 0 Å². The summed E-state index contributed by atoms with van der Waals surface area (Å²) in [6.45, 7) is 4.19. The topological polar surface area (TPSA) is 111 Å². The molecular formula is C69H130NO8P. The van der Waals surface area contributed by atoms with Crippen LogP contribution in [0.2, 0.25) is 0 Å². The van der Waals surface area contributed by atoms with Gasteiger partial charge >= 0.3 is 11.9 Å². The first-order valence-corrected chi connectivity index (χ1v) is 35.3. The monoisotopic (exact) mass is 1130 g/mol. The van der Waals surface area contributed by atoms with Gasteiger partial charge < -0.3 is 27.9 Å². The Bertz CT molecular complexity index is 1470. The largest absolute Gasteiger partial charge is 0.756 e. The van der Waals surface area contributed by atoms with Crippen molar-refractivity contribution in [3.63, 3.8) is 0 Å². The Morgan fingerprint density at radius 3 is 1.08 bits per heavy atom. The Hall–Kier alpha value is -2.03. The second-order valence-electron chi connectivity index (χ2n) is 24.2. The highest BCUT2D eigenvalue weighted by Gasteiger charge is 2.22. The van der Waals surface area contributed by atoms with Crippen molar-refractivity contribution in [2.24, 2.45) is 0 Å². The number of rotatable bonds is 63. The zero-order valence-electron chi connectivity index (χ0n) is 52.8. The molecule has 0 spiro atoms. The molecule has 0 heterocycles. The molecule has 79 heavy (non-hydrogen) atoms. The van der Waals surface area contributed by atoms with Gasteiger partial charge in [0.1, 0.15) is 19.8 Å². The molecule has 2 atom stereocenters. The lowest BCUT2D eigenvalue weighted by molar-refractivity contribution is -0.870. The van der Waals surface area contributed by atoms with E-state index < -0.39 is 26.5 Å². The van der Waals surface area contributed by atoms with Crippen LogP contribution in [0.4, 0.5) is 0 Å². The van der Waals surface area contributed by atoms with Crippen LogP contribution in [0.15, 0.2) is 48.6 Å². The molecule has 0 aromatic carbocycles. The fraction of sp³-hybridized carbons (Fsp3) is 0.855. The van der Waals surface area contributed by atoms with Crippen LogP contribution in [0.25, 0.3) is 0 Å². The van der Waals surface area contributed by atoms with Crippen molar-refractivity contribution >= 4 is 19.8 Å². The summed E-state index contributed by atoms with van der Waals surface area (Å²) >= 11 is 0. The zero-order valence-corrected chi connectivity index (χ0v) is 53.7. The minimum Gasteiger partial charge on any atom is -0.756 e. The number of carbonyl (C=O) groups is 2. The van der Waals surface area contributed by atoms with Gasteiger partial charge in [-0.05, 0) is 51.4 Å². The zero-order chi connectivity index (χ0) is 57.7. The van der Waals surface area contributed by atoms with E-state index in [1.807, 2.05) is 21.1 Å². The average Bonchev–Trinajstić information content (AvgIpc) is 3.41. The fourth-order valence-corrected chi connectivity index (χ4v) is 10.7. The molecule has 0 fully saturated rings. The third-order valence-corrected chi connectivity index (χ3v) is 16.1. The lowest BCUT2D eigenvalue weighted by Crippen LogP contribution is -2.37. The summed E-state index contributed by atoms with van der Waals surface area (Å²) in [6.07, 6.45) is 77.6. The van der Waals surface area contributed by atoms with E-state index in [0.29, 0.717) is 17.4 Å². The van der Waals surface area contributed by atoms with Gasteiger partial charge in [-0.1, -0.05) is 313 Å². The van der Waals surface area contributed by atoms with Crippen molar-refractivity contribution in [2.75, 3.05) is 47.5 Å². The van der Waals surface area contributed by atoms with Gasteiger partial charge in [0, 0.05) is 12.8 Å². The summed E-state index contributed by atoms with van der Waals surface area (Å²) < 4.78 is 34.3. The molecule has 0 aromatic rings. The van der Waals surface area contributed by atoms with E-state index >= 15 is 0 Å². The maximum Gasteiger partial charge on any atom is 0.306 e. The first kappa shape index (κ1) is 77.0. The van der Waals surface area contributed by atoms with E-state index in [1.165, 1.54) is 231 Å². The van der Waals surface area contributed by atoms with Gasteiger partial charge in [-0.3, -0.25) is 14.2 Å². The third-order valence-electron chi connectivity index (χ3n) is 15.1. The molecule has 0 radical (unpaired) electrons. The number of phosphoric ester groups is 1. The number of carbonyl (C=O) groups excluding carboxylic acids is 2. The van der Waals surface area contributed by atoms with E-state index in [2.05, 4.69) is 62.5 Å². The number of phosphoric acid groups is 1. The van der Waals surface area contributed by atoms with Gasteiger partial charge in [-0.25, -0.2) is 0 Å². The van der Waals surface area contributed by atoms with E-state index in [-0.39, 0.29) is 32.0 Å². The van der Waals surface area contributed by atoms with Crippen LogP contribution >= 0.6 is 7.82 Å². The second-order valence-corrected chi connectivity index (χ2v) is 25.6. The molecule has 0 aliphatic rings. The Balaban J connectivity index is 4.03. The Kier molecular flexibility index (Phi) is 59.0. The molecule has 0 saturated heterocycles. The Morgan fingerprint density at radius 1 is 0.405 bits per heavy atom. The van der Waals surface area contributed by atoms with Crippen LogP contribution in [0, 0.1) is 0 Å². The summed E-state index contributed by atoms with van der Waals surface area (Å²) in [5, 5.41) is 0. The number of quaternary nitrogens is 1. The molecule has 10 heteroatoms. The van der Waals surface area contributed by atoms with Gasteiger partial charge in [0.05, 0.1) is 27.7 Å². The smallest absolute Gasteiger partial charge is 0.306 e. The highest BCUT2D eigenvalue weighted by Crippen LogP contribution is 2.38. The highest BCUT2D eigenvalue weighted by molar-refractivity contribution is 7.45. The molecule has 0 aromatic heterocycles. The molecular weight excluding hydrogens is 1000 g/mol. The lowest BCUT2D eigenvalue weighted by Gasteiger charge is -2.28. The third kappa shape index (κ3) is 65.0. The first-order chi connectivity index (χ1) is 38.5. The standard InChI is InChI=1S/C69H130NO8P/c1-6-8-10-12-14-16-18-20-22-24-26-28-30-32-34-35-36-38-40-42-44-46-48-50-52-54-56-58-60-62-69(72)78-67(66-77-79(73,74)76-64-63-70(3,4)5)65-75-68(71)61-59-57-55-53-51-49-47-45-43-41-39-37-33-31-29-27-25-23-21-19-17-15-13-11-9-7-2/h8,10,14,16,20,22,26,28,67H,6-7,9,11-13,15,17-19,21,23-25,27,29-66H2,1-5H3/b10-8-,16-14-,22-20-,28-26-. The number of allylic oxidation sites excluding steroid dienone is 8. The highest BCUT2D eigenvalue weighted by atomic mass is 31.2. The first-order valence-electron chi connectivity index (χ1n) is 33.8. The van der Waals surface area contributed by atoms with Crippen LogP contribution < -0.4 is 4.89 Å². The molecule has 0 aliphatic carbocycles. The van der Waals surface area contributed by atoms with Crippen LogP contribution in [-0.2, 0) is 32.7 Å². The van der Waals surface area contributed by atoms with E-state index in [1.54, 1.807) is 0 Å². The molecule has 0 amide bonds. The van der Waals surface area contributed by atoms with Crippen molar-refractivity contribution in [2.45, 2.75) is 335 Å². The summed E-state index contributed by atoms with van der Waals surface area (Å²) in [4.78, 5) is 38.0. The number of esters is 2. The average molecular weight is 1130 g/mol. The SMILES string of the molecule is CC/C=C\C/C=C\C/C=C\C/C=C\CCCCCCCCCCCCCCCCCCC(=O)OC(COC(=O)CCCCCCCCCCCCCCCCCCCCCCCCCCCC)COP(=O)([O-])OCC[N+](C)(C)C. The van der Waals surface area contributed by atoms with Gasteiger partial charge in [0.15, 0.2) is 6.10 Å². The molecule has 0 saturated carbocycles. The molecule has 0 aliphatic heterocycles. The summed E-state index contributed by atoms with van der Waals surface area (Å²) in [5.41, 5.74) is 0. The number of likely N-dealkylation sites (N-methyl/N-ethyl adjacent to an activating group) is 1. The van der Waals surface area contributed by atoms with E-state index in [0.717, 1.165) is 64.2 Å². The van der Waals surface area contributed by atoms with Crippen LogP contribution in [0.5, 0.6) is 0 Å². The minimum atomic E-state index is -4.64. The number of nitrogens with zero attached hydrogens (tertiary/aromatic N) is 1. The quantitative estimate of drug-likeness (QED) is 0.0195. The molecule has 2 unspecified atom stereocenters. The number of hydrogen-bond acceptors (Lipinski definition) is 8. The summed E-state index contributed by atoms with van der Waals surface area (Å²) in [7, 11) is 1.18. The van der Waals surface area contributed by atoms with E-state index in [9.17, 15) is 19.0 Å². The molecule has 464 valence electrons. The number of hydrogen-bond donors (Lipinski definition) is 0. The predicted octanol–water partition coefficient (Wildman–Crippen LogP) is 21.0. The fourth-order valence-electron chi connectivity index (χ4n) is 9.95. The minimum absolute atomic E-state index is 0.0288. The van der Waals surface area contributed by atoms with Crippen LogP contribution in [-0.4, -0.2) is 70.0 Å². The second kappa shape index (κ2) is 60.6. The van der Waals surface area contributed by atoms with Crippen LogP contribution in [0.1, 0.15) is 328 Å². The number of unbranched alkanes of at least 4 members (excludes halogenated alkanes) is 41. The predicted molar refractivity (Wildman–Crippen MR) is 337 cm³/mol. The molecule has 0 rings (SSSR count). The van der Waals surface area contributed by atoms with Crippen molar-refractivity contribution in [3.8, 4) is 0 Å². The van der Waals surface area contributed by atoms with Gasteiger partial charge in [-0.15, -0.1) is 0 Å². The van der Waals surface area contributed by atoms with Crippen molar-refractivity contribution < 1.29 is 42.1 Å². The molecule has 9 nitrogen and oxygen atoms in total.